The number of amides is 1. The number of benzene rings is 2. The summed E-state index contributed by atoms with van der Waals surface area (Å²) < 4.78 is 38.3. The molecular weight excluding hydrogens is 404 g/mol. The Balaban J connectivity index is 1.43. The van der Waals surface area contributed by atoms with E-state index in [9.17, 15) is 13.2 Å². The molecule has 7 nitrogen and oxygen atoms in total. The van der Waals surface area contributed by atoms with Crippen molar-refractivity contribution in [2.75, 3.05) is 20.3 Å². The van der Waals surface area contributed by atoms with Crippen LogP contribution in [0.1, 0.15) is 31.2 Å². The van der Waals surface area contributed by atoms with E-state index in [1.54, 1.807) is 43.5 Å². The van der Waals surface area contributed by atoms with Crippen LogP contribution >= 0.6 is 0 Å². The molecule has 0 aliphatic heterocycles. The molecule has 1 fully saturated rings. The maximum atomic E-state index is 12.4. The number of carbonyl (C=O) groups is 1. The van der Waals surface area contributed by atoms with E-state index < -0.39 is 10.0 Å². The lowest BCUT2D eigenvalue weighted by atomic mass is 10.1. The van der Waals surface area contributed by atoms with Gasteiger partial charge in [-0.15, -0.1) is 0 Å². The standard InChI is InChI=1S/C22H28N2O5S/c1-28-20-8-4-5-9-21(20)29-16-22(25)23-15-14-17-10-12-19(13-11-17)30(26,27)24-18-6-2-3-7-18/h4-5,8-13,18,24H,2-3,6-7,14-16H2,1H3,(H,23,25). The highest BCUT2D eigenvalue weighted by atomic mass is 32.2. The van der Waals surface area contributed by atoms with Gasteiger partial charge in [-0.05, 0) is 49.1 Å². The minimum absolute atomic E-state index is 0.0444. The zero-order chi connectivity index (χ0) is 21.4. The van der Waals surface area contributed by atoms with Gasteiger partial charge in [0.05, 0.1) is 12.0 Å². The molecular formula is C22H28N2O5S. The van der Waals surface area contributed by atoms with E-state index >= 15 is 0 Å². The molecule has 1 aliphatic rings. The molecule has 0 aromatic heterocycles. The lowest BCUT2D eigenvalue weighted by Gasteiger charge is -2.13. The first-order chi connectivity index (χ1) is 14.5. The number of ether oxygens (including phenoxy) is 2. The first-order valence-corrected chi connectivity index (χ1v) is 11.6. The van der Waals surface area contributed by atoms with E-state index in [1.165, 1.54) is 0 Å². The highest BCUT2D eigenvalue weighted by Crippen LogP contribution is 2.25. The normalized spacial score (nSPS) is 14.4. The summed E-state index contributed by atoms with van der Waals surface area (Å²) in [5, 5.41) is 2.80. The maximum absolute atomic E-state index is 12.4. The Bertz CT molecular complexity index is 938. The van der Waals surface area contributed by atoms with Crippen LogP contribution in [-0.4, -0.2) is 40.6 Å². The number of hydrogen-bond donors (Lipinski definition) is 2. The van der Waals surface area contributed by atoms with E-state index in [4.69, 9.17) is 9.47 Å². The van der Waals surface area contributed by atoms with Crippen molar-refractivity contribution in [3.8, 4) is 11.5 Å². The molecule has 30 heavy (non-hydrogen) atoms. The SMILES string of the molecule is COc1ccccc1OCC(=O)NCCc1ccc(S(=O)(=O)NC2CCCC2)cc1. The zero-order valence-corrected chi connectivity index (χ0v) is 17.9. The molecule has 1 saturated carbocycles. The molecule has 2 N–H and O–H groups in total. The molecule has 0 unspecified atom stereocenters. The van der Waals surface area contributed by atoms with Crippen LogP contribution in [-0.2, 0) is 21.2 Å². The third-order valence-electron chi connectivity index (χ3n) is 5.07. The maximum Gasteiger partial charge on any atom is 0.257 e. The number of rotatable bonds is 10. The summed E-state index contributed by atoms with van der Waals surface area (Å²) in [4.78, 5) is 12.3. The largest absolute Gasteiger partial charge is 0.493 e. The van der Waals surface area contributed by atoms with E-state index in [0.29, 0.717) is 24.5 Å². The first kappa shape index (κ1) is 22.1. The second kappa shape index (κ2) is 10.4. The molecule has 0 spiro atoms. The number of hydrogen-bond acceptors (Lipinski definition) is 5. The summed E-state index contributed by atoms with van der Waals surface area (Å²) >= 11 is 0. The van der Waals surface area contributed by atoms with Gasteiger partial charge in [0.25, 0.3) is 5.91 Å². The minimum Gasteiger partial charge on any atom is -0.493 e. The quantitative estimate of drug-likeness (QED) is 0.602. The molecule has 0 radical (unpaired) electrons. The van der Waals surface area contributed by atoms with Crippen LogP contribution < -0.4 is 19.5 Å². The fourth-order valence-electron chi connectivity index (χ4n) is 3.45. The topological polar surface area (TPSA) is 93.7 Å². The monoisotopic (exact) mass is 432 g/mol. The molecule has 0 bridgehead atoms. The highest BCUT2D eigenvalue weighted by Gasteiger charge is 2.22. The average Bonchev–Trinajstić information content (AvgIpc) is 3.25. The van der Waals surface area contributed by atoms with Gasteiger partial charge in [-0.1, -0.05) is 37.1 Å². The smallest absolute Gasteiger partial charge is 0.257 e. The van der Waals surface area contributed by atoms with Gasteiger partial charge in [-0.3, -0.25) is 4.79 Å². The Morgan fingerprint density at radius 1 is 1.03 bits per heavy atom. The third kappa shape index (κ3) is 6.21. The molecule has 2 aromatic carbocycles. The van der Waals surface area contributed by atoms with Gasteiger partial charge >= 0.3 is 0 Å². The molecule has 162 valence electrons. The van der Waals surface area contributed by atoms with E-state index in [-0.39, 0.29) is 23.5 Å². The summed E-state index contributed by atoms with van der Waals surface area (Å²) in [5.41, 5.74) is 0.945. The van der Waals surface area contributed by atoms with E-state index in [2.05, 4.69) is 10.0 Å². The van der Waals surface area contributed by atoms with Crippen LogP contribution in [0.15, 0.2) is 53.4 Å². The zero-order valence-electron chi connectivity index (χ0n) is 17.1. The summed E-state index contributed by atoms with van der Waals surface area (Å²) in [6.45, 7) is 0.324. The van der Waals surface area contributed by atoms with Crippen LogP contribution in [0.4, 0.5) is 0 Å². The molecule has 0 atom stereocenters. The Labute approximate surface area is 177 Å². The summed E-state index contributed by atoms with van der Waals surface area (Å²) in [5.74, 6) is 0.849. The van der Waals surface area contributed by atoms with Gasteiger partial charge in [0.1, 0.15) is 0 Å². The molecule has 1 amide bonds. The Hall–Kier alpha value is -2.58. The first-order valence-electron chi connectivity index (χ1n) is 10.1. The number of nitrogens with one attached hydrogen (secondary N) is 2. The van der Waals surface area contributed by atoms with Crippen molar-refractivity contribution in [1.29, 1.82) is 0 Å². The van der Waals surface area contributed by atoms with Crippen LogP contribution in [0, 0.1) is 0 Å². The average molecular weight is 433 g/mol. The van der Waals surface area contributed by atoms with Crippen molar-refractivity contribution in [3.05, 3.63) is 54.1 Å². The second-order valence-corrected chi connectivity index (χ2v) is 9.00. The fourth-order valence-corrected chi connectivity index (χ4v) is 4.75. The number of para-hydroxylation sites is 2. The van der Waals surface area contributed by atoms with Crippen LogP contribution in [0.25, 0.3) is 0 Å². The van der Waals surface area contributed by atoms with Crippen molar-refractivity contribution >= 4 is 15.9 Å². The van der Waals surface area contributed by atoms with Crippen LogP contribution in [0.2, 0.25) is 0 Å². The van der Waals surface area contributed by atoms with E-state index in [1.807, 2.05) is 12.1 Å². The fraction of sp³-hybridized carbons (Fsp3) is 0.409. The van der Waals surface area contributed by atoms with Crippen molar-refractivity contribution in [1.82, 2.24) is 10.0 Å². The Morgan fingerprint density at radius 3 is 2.37 bits per heavy atom. The second-order valence-electron chi connectivity index (χ2n) is 7.29. The van der Waals surface area contributed by atoms with Crippen molar-refractivity contribution in [2.45, 2.75) is 43.0 Å². The van der Waals surface area contributed by atoms with Crippen LogP contribution in [0.3, 0.4) is 0 Å². The lowest BCUT2D eigenvalue weighted by molar-refractivity contribution is -0.123. The number of methoxy groups -OCH3 is 1. The summed E-state index contributed by atoms with van der Waals surface area (Å²) in [6, 6.07) is 14.0. The molecule has 2 aromatic rings. The molecule has 0 heterocycles. The van der Waals surface area contributed by atoms with Gasteiger partial charge in [0, 0.05) is 12.6 Å². The van der Waals surface area contributed by atoms with Gasteiger partial charge in [-0.2, -0.15) is 0 Å². The van der Waals surface area contributed by atoms with Crippen molar-refractivity contribution < 1.29 is 22.7 Å². The Morgan fingerprint density at radius 2 is 1.70 bits per heavy atom. The number of sulfonamides is 1. The molecule has 1 aliphatic carbocycles. The summed E-state index contributed by atoms with van der Waals surface area (Å²) in [6.07, 6.45) is 4.54. The Kier molecular flexibility index (Phi) is 7.70. The predicted molar refractivity (Wildman–Crippen MR) is 114 cm³/mol. The lowest BCUT2D eigenvalue weighted by Crippen LogP contribution is -2.32. The minimum atomic E-state index is -3.48. The van der Waals surface area contributed by atoms with Gasteiger partial charge in [-0.25, -0.2) is 13.1 Å². The molecule has 0 saturated heterocycles. The van der Waals surface area contributed by atoms with E-state index in [0.717, 1.165) is 31.2 Å². The molecule has 8 heteroatoms. The number of carbonyl (C=O) groups excluding carboxylic acids is 1. The van der Waals surface area contributed by atoms with Crippen molar-refractivity contribution in [3.63, 3.8) is 0 Å². The van der Waals surface area contributed by atoms with Crippen LogP contribution in [0.5, 0.6) is 11.5 Å². The summed E-state index contributed by atoms with van der Waals surface area (Å²) in [7, 11) is -1.94. The van der Waals surface area contributed by atoms with Crippen molar-refractivity contribution in [2.24, 2.45) is 0 Å². The van der Waals surface area contributed by atoms with Gasteiger partial charge < -0.3 is 14.8 Å². The van der Waals surface area contributed by atoms with Gasteiger partial charge in [0.2, 0.25) is 10.0 Å². The third-order valence-corrected chi connectivity index (χ3v) is 6.61. The molecule has 3 rings (SSSR count). The highest BCUT2D eigenvalue weighted by molar-refractivity contribution is 7.89. The predicted octanol–water partition coefficient (Wildman–Crippen LogP) is 2.65. The van der Waals surface area contributed by atoms with Gasteiger partial charge in [0.15, 0.2) is 18.1 Å².